The molecule has 1 aliphatic heterocycles. The third kappa shape index (κ3) is 4.33. The van der Waals surface area contributed by atoms with Crippen LogP contribution in [-0.2, 0) is 9.63 Å². The number of nitrogens with one attached hydrogen (secondary N) is 1. The van der Waals surface area contributed by atoms with Gasteiger partial charge in [-0.3, -0.25) is 14.4 Å². The zero-order valence-electron chi connectivity index (χ0n) is 10.8. The van der Waals surface area contributed by atoms with Crippen LogP contribution in [0.25, 0.3) is 0 Å². The summed E-state index contributed by atoms with van der Waals surface area (Å²) in [5.41, 5.74) is 0. The Balaban J connectivity index is 1.61. The van der Waals surface area contributed by atoms with E-state index in [-0.39, 0.29) is 11.8 Å². The molecule has 104 valence electrons. The molecule has 0 saturated carbocycles. The highest BCUT2D eigenvalue weighted by molar-refractivity contribution is 7.12. The SMILES string of the molecule is O=C(NCCCC(=O)N1CCCCO1)c1cccs1. The van der Waals surface area contributed by atoms with Crippen LogP contribution in [0.1, 0.15) is 35.4 Å². The van der Waals surface area contributed by atoms with Crippen molar-refractivity contribution in [3.8, 4) is 0 Å². The van der Waals surface area contributed by atoms with Crippen molar-refractivity contribution in [1.29, 1.82) is 0 Å². The number of hydrogen-bond donors (Lipinski definition) is 1. The van der Waals surface area contributed by atoms with Crippen LogP contribution in [-0.4, -0.2) is 36.6 Å². The second-order valence-corrected chi connectivity index (χ2v) is 5.32. The predicted molar refractivity (Wildman–Crippen MR) is 72.8 cm³/mol. The Kier molecular flexibility index (Phi) is 5.35. The quantitative estimate of drug-likeness (QED) is 0.838. The number of amides is 2. The number of carbonyl (C=O) groups excluding carboxylic acids is 2. The fourth-order valence-corrected chi connectivity index (χ4v) is 2.49. The topological polar surface area (TPSA) is 58.6 Å². The molecule has 0 aliphatic carbocycles. The van der Waals surface area contributed by atoms with Crippen molar-refractivity contribution >= 4 is 23.2 Å². The maximum Gasteiger partial charge on any atom is 0.261 e. The zero-order valence-corrected chi connectivity index (χ0v) is 11.6. The van der Waals surface area contributed by atoms with E-state index in [1.54, 1.807) is 6.07 Å². The van der Waals surface area contributed by atoms with Gasteiger partial charge in [0, 0.05) is 19.5 Å². The van der Waals surface area contributed by atoms with E-state index in [1.807, 2.05) is 11.4 Å². The Labute approximate surface area is 116 Å². The maximum atomic E-state index is 11.8. The van der Waals surface area contributed by atoms with E-state index in [0.29, 0.717) is 37.4 Å². The molecule has 1 saturated heterocycles. The highest BCUT2D eigenvalue weighted by Crippen LogP contribution is 2.09. The highest BCUT2D eigenvalue weighted by atomic mass is 32.1. The van der Waals surface area contributed by atoms with Crippen molar-refractivity contribution in [2.45, 2.75) is 25.7 Å². The Morgan fingerprint density at radius 2 is 2.32 bits per heavy atom. The lowest BCUT2D eigenvalue weighted by atomic mass is 10.2. The molecule has 0 radical (unpaired) electrons. The molecule has 2 heterocycles. The third-order valence-corrected chi connectivity index (χ3v) is 3.75. The Bertz CT molecular complexity index is 414. The summed E-state index contributed by atoms with van der Waals surface area (Å²) in [4.78, 5) is 29.4. The minimum atomic E-state index is -0.0725. The van der Waals surface area contributed by atoms with Crippen molar-refractivity contribution in [2.75, 3.05) is 19.7 Å². The molecular formula is C13H18N2O3S. The lowest BCUT2D eigenvalue weighted by Crippen LogP contribution is -2.36. The minimum absolute atomic E-state index is 0.00470. The summed E-state index contributed by atoms with van der Waals surface area (Å²) in [5, 5.41) is 6.12. The average Bonchev–Trinajstić information content (AvgIpc) is 2.98. The van der Waals surface area contributed by atoms with Crippen LogP contribution < -0.4 is 5.32 Å². The van der Waals surface area contributed by atoms with E-state index >= 15 is 0 Å². The van der Waals surface area contributed by atoms with E-state index in [0.717, 1.165) is 12.8 Å². The fourth-order valence-electron chi connectivity index (χ4n) is 1.85. The molecule has 2 rings (SSSR count). The normalized spacial score (nSPS) is 15.3. The first-order chi connectivity index (χ1) is 9.27. The van der Waals surface area contributed by atoms with Crippen LogP contribution in [0.3, 0.4) is 0 Å². The molecule has 0 spiro atoms. The lowest BCUT2D eigenvalue weighted by molar-refractivity contribution is -0.197. The van der Waals surface area contributed by atoms with E-state index < -0.39 is 0 Å². The Morgan fingerprint density at radius 3 is 3.00 bits per heavy atom. The molecular weight excluding hydrogens is 264 g/mol. The van der Waals surface area contributed by atoms with E-state index in [1.165, 1.54) is 16.4 Å². The summed E-state index contributed by atoms with van der Waals surface area (Å²) in [6.45, 7) is 1.82. The van der Waals surface area contributed by atoms with Crippen LogP contribution >= 0.6 is 11.3 Å². The molecule has 1 aromatic rings. The van der Waals surface area contributed by atoms with E-state index in [2.05, 4.69) is 5.32 Å². The maximum absolute atomic E-state index is 11.8. The second kappa shape index (κ2) is 7.25. The third-order valence-electron chi connectivity index (χ3n) is 2.88. The van der Waals surface area contributed by atoms with Crippen LogP contribution in [0.5, 0.6) is 0 Å². The number of rotatable bonds is 5. The van der Waals surface area contributed by atoms with Crippen molar-refractivity contribution in [3.05, 3.63) is 22.4 Å². The van der Waals surface area contributed by atoms with Crippen molar-refractivity contribution in [3.63, 3.8) is 0 Å². The second-order valence-electron chi connectivity index (χ2n) is 4.37. The van der Waals surface area contributed by atoms with Gasteiger partial charge in [0.25, 0.3) is 5.91 Å². The van der Waals surface area contributed by atoms with Gasteiger partial charge in [-0.15, -0.1) is 11.3 Å². The summed E-state index contributed by atoms with van der Waals surface area (Å²) in [6, 6.07) is 3.63. The van der Waals surface area contributed by atoms with Gasteiger partial charge in [-0.1, -0.05) is 6.07 Å². The summed E-state index contributed by atoms with van der Waals surface area (Å²) < 4.78 is 0. The summed E-state index contributed by atoms with van der Waals surface area (Å²) >= 11 is 1.41. The van der Waals surface area contributed by atoms with Gasteiger partial charge in [0.05, 0.1) is 11.5 Å². The molecule has 0 atom stereocenters. The first kappa shape index (κ1) is 14.0. The van der Waals surface area contributed by atoms with Gasteiger partial charge in [-0.2, -0.15) is 0 Å². The Hall–Kier alpha value is -1.40. The van der Waals surface area contributed by atoms with Gasteiger partial charge >= 0.3 is 0 Å². The number of hydrogen-bond acceptors (Lipinski definition) is 4. The monoisotopic (exact) mass is 282 g/mol. The summed E-state index contributed by atoms with van der Waals surface area (Å²) in [7, 11) is 0. The van der Waals surface area contributed by atoms with Gasteiger partial charge in [0.15, 0.2) is 0 Å². The van der Waals surface area contributed by atoms with Gasteiger partial charge in [-0.05, 0) is 30.7 Å². The lowest BCUT2D eigenvalue weighted by Gasteiger charge is -2.25. The van der Waals surface area contributed by atoms with Gasteiger partial charge in [0.2, 0.25) is 5.91 Å². The number of nitrogens with zero attached hydrogens (tertiary/aromatic N) is 1. The van der Waals surface area contributed by atoms with Gasteiger partial charge in [0.1, 0.15) is 0 Å². The van der Waals surface area contributed by atoms with Crippen molar-refractivity contribution in [1.82, 2.24) is 10.4 Å². The average molecular weight is 282 g/mol. The molecule has 5 nitrogen and oxygen atoms in total. The van der Waals surface area contributed by atoms with Crippen LogP contribution in [0.2, 0.25) is 0 Å². The minimum Gasteiger partial charge on any atom is -0.351 e. The molecule has 1 aliphatic rings. The molecule has 0 bridgehead atoms. The van der Waals surface area contributed by atoms with Gasteiger partial charge in [-0.25, -0.2) is 5.06 Å². The first-order valence-electron chi connectivity index (χ1n) is 6.52. The molecule has 6 heteroatoms. The zero-order chi connectivity index (χ0) is 13.5. The van der Waals surface area contributed by atoms with Crippen LogP contribution in [0.15, 0.2) is 17.5 Å². The molecule has 1 N–H and O–H groups in total. The van der Waals surface area contributed by atoms with E-state index in [4.69, 9.17) is 4.84 Å². The molecule has 0 aromatic carbocycles. The molecule has 19 heavy (non-hydrogen) atoms. The van der Waals surface area contributed by atoms with Crippen molar-refractivity contribution < 1.29 is 14.4 Å². The van der Waals surface area contributed by atoms with Gasteiger partial charge < -0.3 is 5.32 Å². The number of hydroxylamine groups is 2. The molecule has 1 aromatic heterocycles. The smallest absolute Gasteiger partial charge is 0.261 e. The number of thiophene rings is 1. The fraction of sp³-hybridized carbons (Fsp3) is 0.538. The predicted octanol–water partition coefficient (Wildman–Crippen LogP) is 1.81. The Morgan fingerprint density at radius 1 is 1.42 bits per heavy atom. The largest absolute Gasteiger partial charge is 0.351 e. The molecule has 1 fully saturated rings. The van der Waals surface area contributed by atoms with Crippen molar-refractivity contribution in [2.24, 2.45) is 0 Å². The van der Waals surface area contributed by atoms with Crippen LogP contribution in [0, 0.1) is 0 Å². The summed E-state index contributed by atoms with van der Waals surface area (Å²) in [6.07, 6.45) is 3.06. The van der Waals surface area contributed by atoms with Crippen LogP contribution in [0.4, 0.5) is 0 Å². The molecule has 0 unspecified atom stereocenters. The molecule has 2 amide bonds. The van der Waals surface area contributed by atoms with E-state index in [9.17, 15) is 9.59 Å². The standard InChI is InChI=1S/C13H18N2O3S/c16-12(15-8-1-2-9-18-15)6-3-7-14-13(17)11-5-4-10-19-11/h4-5,10H,1-3,6-9H2,(H,14,17). The first-order valence-corrected chi connectivity index (χ1v) is 7.40. The summed E-state index contributed by atoms with van der Waals surface area (Å²) in [5.74, 6) is -0.0678. The highest BCUT2D eigenvalue weighted by Gasteiger charge is 2.17. The number of carbonyl (C=O) groups is 2.